The number of nitrogens with one attached hydrogen (secondary N) is 1. The van der Waals surface area contributed by atoms with Crippen molar-refractivity contribution in [3.63, 3.8) is 0 Å². The first-order chi connectivity index (χ1) is 7.92. The minimum atomic E-state index is 0.741. The van der Waals surface area contributed by atoms with Crippen molar-refractivity contribution in [1.29, 1.82) is 0 Å². The van der Waals surface area contributed by atoms with E-state index in [9.17, 15) is 0 Å². The minimum Gasteiger partial charge on any atom is -0.310 e. The Labute approximate surface area is 94.3 Å². The van der Waals surface area contributed by atoms with Crippen molar-refractivity contribution in [2.75, 3.05) is 0 Å². The minimum absolute atomic E-state index is 0.741. The molecular weight excluding hydrogens is 200 g/mol. The van der Waals surface area contributed by atoms with Crippen LogP contribution in [-0.2, 0) is 6.54 Å². The molecule has 0 unspecified atom stereocenters. The van der Waals surface area contributed by atoms with E-state index in [1.54, 1.807) is 10.9 Å². The number of pyridine rings is 1. The Morgan fingerprint density at radius 3 is 2.94 bits per heavy atom. The van der Waals surface area contributed by atoms with Gasteiger partial charge in [0.25, 0.3) is 0 Å². The first-order valence-corrected chi connectivity index (χ1v) is 5.60. The van der Waals surface area contributed by atoms with Gasteiger partial charge in [0.2, 0.25) is 0 Å². The summed E-state index contributed by atoms with van der Waals surface area (Å²) in [6.07, 6.45) is 8.19. The summed E-state index contributed by atoms with van der Waals surface area (Å²) in [5.41, 5.74) is 1.22. The molecule has 0 aliphatic heterocycles. The van der Waals surface area contributed by atoms with Crippen LogP contribution in [0.5, 0.6) is 0 Å². The highest BCUT2D eigenvalue weighted by Crippen LogP contribution is 2.19. The molecule has 16 heavy (non-hydrogen) atoms. The van der Waals surface area contributed by atoms with E-state index in [1.807, 2.05) is 24.5 Å². The van der Waals surface area contributed by atoms with Gasteiger partial charge in [-0.25, -0.2) is 9.67 Å². The van der Waals surface area contributed by atoms with Crippen LogP contribution in [0, 0.1) is 0 Å². The molecule has 0 saturated heterocycles. The predicted molar refractivity (Wildman–Crippen MR) is 61.2 cm³/mol. The Hall–Kier alpha value is -1.68. The second kappa shape index (κ2) is 4.06. The molecule has 1 N–H and O–H groups in total. The molecule has 4 heteroatoms. The van der Waals surface area contributed by atoms with Gasteiger partial charge in [-0.1, -0.05) is 6.07 Å². The summed E-state index contributed by atoms with van der Waals surface area (Å²) >= 11 is 0. The summed E-state index contributed by atoms with van der Waals surface area (Å²) in [5, 5.41) is 7.60. The molecule has 1 saturated carbocycles. The molecule has 0 spiro atoms. The van der Waals surface area contributed by atoms with Gasteiger partial charge in [-0.2, -0.15) is 5.10 Å². The zero-order chi connectivity index (χ0) is 10.8. The summed E-state index contributed by atoms with van der Waals surface area (Å²) in [6, 6.07) is 6.73. The van der Waals surface area contributed by atoms with Crippen LogP contribution < -0.4 is 5.32 Å². The molecule has 2 heterocycles. The summed E-state index contributed by atoms with van der Waals surface area (Å²) < 4.78 is 1.76. The quantitative estimate of drug-likeness (QED) is 0.839. The van der Waals surface area contributed by atoms with Crippen molar-refractivity contribution in [3.05, 3.63) is 42.4 Å². The van der Waals surface area contributed by atoms with Crippen LogP contribution >= 0.6 is 0 Å². The van der Waals surface area contributed by atoms with Crippen LogP contribution in [0.3, 0.4) is 0 Å². The van der Waals surface area contributed by atoms with Gasteiger partial charge in [-0.05, 0) is 30.5 Å². The number of nitrogens with zero attached hydrogens (tertiary/aromatic N) is 3. The second-order valence-electron chi connectivity index (χ2n) is 4.13. The maximum Gasteiger partial charge on any atom is 0.153 e. The smallest absolute Gasteiger partial charge is 0.153 e. The van der Waals surface area contributed by atoms with Gasteiger partial charge in [0, 0.05) is 31.2 Å². The number of hydrogen-bond acceptors (Lipinski definition) is 3. The topological polar surface area (TPSA) is 42.7 Å². The lowest BCUT2D eigenvalue weighted by Gasteiger charge is -2.04. The Morgan fingerprint density at radius 2 is 2.31 bits per heavy atom. The molecule has 3 rings (SSSR count). The maximum absolute atomic E-state index is 4.38. The molecule has 0 aromatic carbocycles. The normalized spacial score (nSPS) is 15.2. The molecule has 1 fully saturated rings. The average Bonchev–Trinajstić information content (AvgIpc) is 3.00. The summed E-state index contributed by atoms with van der Waals surface area (Å²) in [4.78, 5) is 4.38. The lowest BCUT2D eigenvalue weighted by atomic mass is 10.3. The third kappa shape index (κ3) is 2.12. The summed E-state index contributed by atoms with van der Waals surface area (Å²) in [7, 11) is 0. The van der Waals surface area contributed by atoms with Crippen LogP contribution in [0.15, 0.2) is 36.8 Å². The van der Waals surface area contributed by atoms with Gasteiger partial charge >= 0.3 is 0 Å². The van der Waals surface area contributed by atoms with Crippen LogP contribution in [0.1, 0.15) is 18.4 Å². The molecule has 4 nitrogen and oxygen atoms in total. The van der Waals surface area contributed by atoms with Crippen molar-refractivity contribution in [2.24, 2.45) is 0 Å². The molecule has 0 bridgehead atoms. The fraction of sp³-hybridized carbons (Fsp3) is 0.333. The first kappa shape index (κ1) is 9.54. The molecular formula is C12H14N4. The Balaban J connectivity index is 1.69. The monoisotopic (exact) mass is 214 g/mol. The van der Waals surface area contributed by atoms with E-state index >= 15 is 0 Å². The van der Waals surface area contributed by atoms with E-state index in [0.29, 0.717) is 0 Å². The van der Waals surface area contributed by atoms with Gasteiger partial charge in [-0.15, -0.1) is 0 Å². The van der Waals surface area contributed by atoms with Crippen LogP contribution in [0.25, 0.3) is 5.82 Å². The van der Waals surface area contributed by atoms with Crippen LogP contribution in [0.4, 0.5) is 0 Å². The maximum atomic E-state index is 4.38. The highest BCUT2D eigenvalue weighted by Gasteiger charge is 2.19. The van der Waals surface area contributed by atoms with Gasteiger partial charge in [0.1, 0.15) is 0 Å². The number of rotatable bonds is 4. The fourth-order valence-electron chi connectivity index (χ4n) is 1.61. The predicted octanol–water partition coefficient (Wildman–Crippen LogP) is 1.52. The lowest BCUT2D eigenvalue weighted by Crippen LogP contribution is -2.15. The first-order valence-electron chi connectivity index (χ1n) is 5.60. The molecule has 0 radical (unpaired) electrons. The van der Waals surface area contributed by atoms with Crippen molar-refractivity contribution in [3.8, 4) is 5.82 Å². The van der Waals surface area contributed by atoms with Gasteiger partial charge < -0.3 is 5.32 Å². The van der Waals surface area contributed by atoms with E-state index in [1.165, 1.54) is 18.4 Å². The van der Waals surface area contributed by atoms with E-state index in [2.05, 4.69) is 21.5 Å². The van der Waals surface area contributed by atoms with E-state index in [4.69, 9.17) is 0 Å². The second-order valence-corrected chi connectivity index (χ2v) is 4.13. The molecule has 1 aliphatic rings. The third-order valence-electron chi connectivity index (χ3n) is 2.72. The molecule has 82 valence electrons. The molecule has 2 aromatic heterocycles. The van der Waals surface area contributed by atoms with E-state index < -0.39 is 0 Å². The highest BCUT2D eigenvalue weighted by molar-refractivity contribution is 5.24. The van der Waals surface area contributed by atoms with E-state index in [0.717, 1.165) is 18.4 Å². The Kier molecular flexibility index (Phi) is 2.42. The lowest BCUT2D eigenvalue weighted by molar-refractivity contribution is 0.685. The molecule has 1 aliphatic carbocycles. The van der Waals surface area contributed by atoms with Gasteiger partial charge in [-0.3, -0.25) is 0 Å². The zero-order valence-corrected chi connectivity index (χ0v) is 9.00. The molecule has 0 amide bonds. The number of aromatic nitrogens is 3. The molecule has 2 aromatic rings. The van der Waals surface area contributed by atoms with Crippen molar-refractivity contribution < 1.29 is 0 Å². The Morgan fingerprint density at radius 1 is 1.38 bits per heavy atom. The average molecular weight is 214 g/mol. The highest BCUT2D eigenvalue weighted by atomic mass is 15.3. The van der Waals surface area contributed by atoms with Crippen LogP contribution in [0.2, 0.25) is 0 Å². The Bertz CT molecular complexity index is 442. The van der Waals surface area contributed by atoms with Crippen molar-refractivity contribution in [1.82, 2.24) is 20.1 Å². The van der Waals surface area contributed by atoms with Gasteiger partial charge in [0.05, 0.1) is 0 Å². The van der Waals surface area contributed by atoms with Gasteiger partial charge in [0.15, 0.2) is 5.82 Å². The summed E-state index contributed by atoms with van der Waals surface area (Å²) in [5.74, 6) is 0.861. The fourth-order valence-corrected chi connectivity index (χ4v) is 1.61. The molecule has 0 atom stereocenters. The van der Waals surface area contributed by atoms with Crippen molar-refractivity contribution in [2.45, 2.75) is 25.4 Å². The standard InChI is InChI=1S/C12H14N4/c1-6-15-16(7-1)12-5-2-10(9-14-12)8-13-11-3-4-11/h1-2,5-7,9,11,13H,3-4,8H2. The summed E-state index contributed by atoms with van der Waals surface area (Å²) in [6.45, 7) is 0.914. The third-order valence-corrected chi connectivity index (χ3v) is 2.72. The SMILES string of the molecule is c1cnn(-c2ccc(CNC3CC3)cn2)c1. The largest absolute Gasteiger partial charge is 0.310 e. The van der Waals surface area contributed by atoms with E-state index in [-0.39, 0.29) is 0 Å². The zero-order valence-electron chi connectivity index (χ0n) is 9.00. The van der Waals surface area contributed by atoms with Crippen molar-refractivity contribution >= 4 is 0 Å². The number of hydrogen-bond donors (Lipinski definition) is 1. The van der Waals surface area contributed by atoms with Crippen LogP contribution in [-0.4, -0.2) is 20.8 Å².